The molecular formula is C10H16O3. The van der Waals surface area contributed by atoms with Crippen molar-refractivity contribution < 1.29 is 14.3 Å². The zero-order chi connectivity index (χ0) is 9.68. The van der Waals surface area contributed by atoms with Gasteiger partial charge in [-0.1, -0.05) is 13.3 Å². The number of hydrogen-bond donors (Lipinski definition) is 0. The molecule has 3 heteroatoms. The molecule has 0 bridgehead atoms. The lowest BCUT2D eigenvalue weighted by molar-refractivity contribution is -0.128. The summed E-state index contributed by atoms with van der Waals surface area (Å²) in [5.74, 6) is 0.474. The lowest BCUT2D eigenvalue weighted by atomic mass is 10.1. The Labute approximate surface area is 78.7 Å². The number of ether oxygens (including phenoxy) is 2. The fourth-order valence-electron chi connectivity index (χ4n) is 1.37. The van der Waals surface area contributed by atoms with Gasteiger partial charge in [-0.2, -0.15) is 0 Å². The van der Waals surface area contributed by atoms with Crippen LogP contribution in [0.15, 0.2) is 11.8 Å². The second kappa shape index (κ2) is 5.02. The molecule has 74 valence electrons. The van der Waals surface area contributed by atoms with Crippen molar-refractivity contribution in [3.05, 3.63) is 11.8 Å². The maximum Gasteiger partial charge on any atom is 0.225 e. The van der Waals surface area contributed by atoms with Gasteiger partial charge in [-0.15, -0.1) is 0 Å². The summed E-state index contributed by atoms with van der Waals surface area (Å²) in [4.78, 5) is 11.6. The Bertz CT molecular complexity index is 208. The summed E-state index contributed by atoms with van der Waals surface area (Å²) >= 11 is 0. The van der Waals surface area contributed by atoms with Crippen molar-refractivity contribution in [2.45, 2.75) is 32.3 Å². The monoisotopic (exact) mass is 184 g/mol. The molecule has 0 amide bonds. The first kappa shape index (κ1) is 10.3. The van der Waals surface area contributed by atoms with E-state index in [4.69, 9.17) is 9.47 Å². The van der Waals surface area contributed by atoms with Gasteiger partial charge in [-0.25, -0.2) is 0 Å². The van der Waals surface area contributed by atoms with Crippen LogP contribution < -0.4 is 0 Å². The number of ketones is 1. The number of carbonyl (C=O) groups is 1. The van der Waals surface area contributed by atoms with E-state index < -0.39 is 0 Å². The predicted molar refractivity (Wildman–Crippen MR) is 49.4 cm³/mol. The molecule has 0 N–H and O–H groups in total. The van der Waals surface area contributed by atoms with Crippen LogP contribution >= 0.6 is 0 Å². The third kappa shape index (κ3) is 2.56. The fourth-order valence-corrected chi connectivity index (χ4v) is 1.37. The maximum absolute atomic E-state index is 11.6. The van der Waals surface area contributed by atoms with E-state index in [0.29, 0.717) is 12.4 Å². The first-order valence-electron chi connectivity index (χ1n) is 4.69. The van der Waals surface area contributed by atoms with Gasteiger partial charge >= 0.3 is 0 Å². The molecule has 0 aromatic heterocycles. The smallest absolute Gasteiger partial charge is 0.225 e. The van der Waals surface area contributed by atoms with E-state index in [1.165, 1.54) is 0 Å². The summed E-state index contributed by atoms with van der Waals surface area (Å²) in [5.41, 5.74) is 0. The molecule has 1 atom stereocenters. The van der Waals surface area contributed by atoms with Gasteiger partial charge in [0.1, 0.15) is 6.10 Å². The van der Waals surface area contributed by atoms with Crippen LogP contribution in [0.4, 0.5) is 0 Å². The molecule has 0 fully saturated rings. The van der Waals surface area contributed by atoms with Crippen molar-refractivity contribution in [1.29, 1.82) is 0 Å². The van der Waals surface area contributed by atoms with E-state index >= 15 is 0 Å². The first-order chi connectivity index (χ1) is 6.29. The van der Waals surface area contributed by atoms with Crippen molar-refractivity contribution in [2.75, 3.05) is 13.7 Å². The van der Waals surface area contributed by atoms with E-state index in [0.717, 1.165) is 19.3 Å². The second-order valence-corrected chi connectivity index (χ2v) is 3.08. The first-order valence-corrected chi connectivity index (χ1v) is 4.69. The highest BCUT2D eigenvalue weighted by molar-refractivity contribution is 5.97. The van der Waals surface area contributed by atoms with Gasteiger partial charge in [0.2, 0.25) is 5.78 Å². The van der Waals surface area contributed by atoms with Crippen molar-refractivity contribution in [3.8, 4) is 0 Å². The molecule has 1 aliphatic rings. The number of methoxy groups -OCH3 is 1. The Balaban J connectivity index is 2.52. The zero-order valence-corrected chi connectivity index (χ0v) is 8.21. The molecule has 0 saturated carbocycles. The number of rotatable bonds is 5. The molecule has 3 nitrogen and oxygen atoms in total. The molecule has 0 saturated heterocycles. The van der Waals surface area contributed by atoms with Gasteiger partial charge in [-0.05, 0) is 12.5 Å². The zero-order valence-electron chi connectivity index (χ0n) is 8.21. The number of hydrogen-bond acceptors (Lipinski definition) is 3. The summed E-state index contributed by atoms with van der Waals surface area (Å²) < 4.78 is 10.3. The summed E-state index contributed by atoms with van der Waals surface area (Å²) in [5, 5.41) is 0. The quantitative estimate of drug-likeness (QED) is 0.652. The SMILES string of the molecule is CCCC(OC)C(=O)C1=CCCO1. The highest BCUT2D eigenvalue weighted by Gasteiger charge is 2.23. The molecule has 1 unspecified atom stereocenters. The standard InChI is InChI=1S/C10H16O3/c1-3-5-8(12-2)10(11)9-6-4-7-13-9/h6,8H,3-5,7H2,1-2H3. The second-order valence-electron chi connectivity index (χ2n) is 3.08. The van der Waals surface area contributed by atoms with Crippen LogP contribution in [-0.2, 0) is 14.3 Å². The lowest BCUT2D eigenvalue weighted by Crippen LogP contribution is -2.24. The van der Waals surface area contributed by atoms with Crippen LogP contribution in [0, 0.1) is 0 Å². The minimum atomic E-state index is -0.325. The Morgan fingerprint density at radius 2 is 2.54 bits per heavy atom. The number of carbonyl (C=O) groups excluding carboxylic acids is 1. The van der Waals surface area contributed by atoms with Crippen LogP contribution in [0.25, 0.3) is 0 Å². The molecule has 1 aliphatic heterocycles. The molecule has 0 aromatic rings. The van der Waals surface area contributed by atoms with Gasteiger partial charge < -0.3 is 9.47 Å². The molecule has 0 aliphatic carbocycles. The Kier molecular flexibility index (Phi) is 3.96. The third-order valence-corrected chi connectivity index (χ3v) is 2.08. The molecular weight excluding hydrogens is 168 g/mol. The summed E-state index contributed by atoms with van der Waals surface area (Å²) in [6.07, 6.45) is 4.05. The van der Waals surface area contributed by atoms with Crippen LogP contribution in [0.3, 0.4) is 0 Å². The third-order valence-electron chi connectivity index (χ3n) is 2.08. The summed E-state index contributed by atoms with van der Waals surface area (Å²) in [6, 6.07) is 0. The van der Waals surface area contributed by atoms with Crippen LogP contribution in [0.1, 0.15) is 26.2 Å². The van der Waals surface area contributed by atoms with Crippen LogP contribution in [-0.4, -0.2) is 25.6 Å². The van der Waals surface area contributed by atoms with Crippen LogP contribution in [0.2, 0.25) is 0 Å². The minimum Gasteiger partial charge on any atom is -0.490 e. The molecule has 1 heterocycles. The normalized spacial score (nSPS) is 17.8. The predicted octanol–water partition coefficient (Wildman–Crippen LogP) is 1.67. The van der Waals surface area contributed by atoms with Crippen molar-refractivity contribution >= 4 is 5.78 Å². The topological polar surface area (TPSA) is 35.5 Å². The Morgan fingerprint density at radius 1 is 1.77 bits per heavy atom. The van der Waals surface area contributed by atoms with E-state index in [2.05, 4.69) is 0 Å². The minimum absolute atomic E-state index is 0.0122. The molecule has 13 heavy (non-hydrogen) atoms. The van der Waals surface area contributed by atoms with Gasteiger partial charge in [0.05, 0.1) is 6.61 Å². The van der Waals surface area contributed by atoms with Gasteiger partial charge in [0.15, 0.2) is 5.76 Å². The Morgan fingerprint density at radius 3 is 3.00 bits per heavy atom. The highest BCUT2D eigenvalue weighted by atomic mass is 16.5. The Hall–Kier alpha value is -0.830. The number of Topliss-reactive ketones (excluding diaryl/α,β-unsaturated/α-hetero) is 1. The van der Waals surface area contributed by atoms with Gasteiger partial charge in [0.25, 0.3) is 0 Å². The molecule has 0 radical (unpaired) electrons. The average molecular weight is 184 g/mol. The molecule has 0 spiro atoms. The van der Waals surface area contributed by atoms with E-state index in [1.54, 1.807) is 7.11 Å². The highest BCUT2D eigenvalue weighted by Crippen LogP contribution is 2.15. The lowest BCUT2D eigenvalue weighted by Gasteiger charge is -2.13. The van der Waals surface area contributed by atoms with Crippen LogP contribution in [0.5, 0.6) is 0 Å². The van der Waals surface area contributed by atoms with E-state index in [-0.39, 0.29) is 11.9 Å². The fraction of sp³-hybridized carbons (Fsp3) is 0.700. The van der Waals surface area contributed by atoms with Gasteiger partial charge in [-0.3, -0.25) is 4.79 Å². The van der Waals surface area contributed by atoms with Crippen molar-refractivity contribution in [2.24, 2.45) is 0 Å². The summed E-state index contributed by atoms with van der Waals surface area (Å²) in [6.45, 7) is 2.66. The largest absolute Gasteiger partial charge is 0.490 e. The van der Waals surface area contributed by atoms with E-state index in [9.17, 15) is 4.79 Å². The average Bonchev–Trinajstić information content (AvgIpc) is 2.65. The van der Waals surface area contributed by atoms with E-state index in [1.807, 2.05) is 13.0 Å². The summed E-state index contributed by atoms with van der Waals surface area (Å²) in [7, 11) is 1.56. The molecule has 0 aromatic carbocycles. The maximum atomic E-state index is 11.6. The van der Waals surface area contributed by atoms with Crippen molar-refractivity contribution in [1.82, 2.24) is 0 Å². The molecule has 1 rings (SSSR count). The van der Waals surface area contributed by atoms with Gasteiger partial charge in [0, 0.05) is 13.5 Å². The van der Waals surface area contributed by atoms with Crippen molar-refractivity contribution in [3.63, 3.8) is 0 Å².